The second kappa shape index (κ2) is 9.13. The highest BCUT2D eigenvalue weighted by atomic mass is 16.5. The maximum atomic E-state index is 10.7. The van der Waals surface area contributed by atoms with Crippen molar-refractivity contribution in [2.45, 2.75) is 69.9 Å². The molecular weight excluding hydrogens is 388 g/mol. The number of hydrogen-bond donors (Lipinski definition) is 2. The first-order chi connectivity index (χ1) is 15.2. The van der Waals surface area contributed by atoms with Gasteiger partial charge in [0.1, 0.15) is 11.6 Å². The lowest BCUT2D eigenvalue weighted by Gasteiger charge is -2.42. The standard InChI is InChI=1S/C25H34N4O2/c1-17-12-24(26-20-8-5-11-29(14-20)21-15-31-16-21)27-28-25(17)22-10-9-19(13-23(22)30)18-6-3-2-4-7-18/h9-10,12-13,18,20-21,30H,2-8,11,14-16H2,1H3,(H,26,27)/t20-/m0/s1. The average molecular weight is 423 g/mol. The Morgan fingerprint density at radius 2 is 1.87 bits per heavy atom. The zero-order chi connectivity index (χ0) is 21.2. The number of anilines is 1. The third kappa shape index (κ3) is 4.55. The number of phenolic OH excluding ortho intramolecular Hbond substituents is 1. The van der Waals surface area contributed by atoms with Gasteiger partial charge in [0.05, 0.1) is 24.9 Å². The Kier molecular flexibility index (Phi) is 6.10. The van der Waals surface area contributed by atoms with Crippen LogP contribution in [0.1, 0.15) is 62.0 Å². The number of piperidine rings is 1. The quantitative estimate of drug-likeness (QED) is 0.740. The summed E-state index contributed by atoms with van der Waals surface area (Å²) in [6.45, 7) is 5.96. The van der Waals surface area contributed by atoms with Gasteiger partial charge in [-0.3, -0.25) is 4.90 Å². The van der Waals surface area contributed by atoms with Gasteiger partial charge >= 0.3 is 0 Å². The summed E-state index contributed by atoms with van der Waals surface area (Å²) in [7, 11) is 0. The third-order valence-corrected chi connectivity index (χ3v) is 7.28. The molecule has 6 nitrogen and oxygen atoms in total. The first-order valence-corrected chi connectivity index (χ1v) is 11.9. The third-order valence-electron chi connectivity index (χ3n) is 7.28. The Morgan fingerprint density at radius 1 is 1.03 bits per heavy atom. The van der Waals surface area contributed by atoms with E-state index in [1.165, 1.54) is 44.1 Å². The molecule has 1 aromatic carbocycles. The van der Waals surface area contributed by atoms with Gasteiger partial charge in [-0.25, -0.2) is 0 Å². The van der Waals surface area contributed by atoms with E-state index in [2.05, 4.69) is 32.5 Å². The van der Waals surface area contributed by atoms with Gasteiger partial charge in [0.25, 0.3) is 0 Å². The van der Waals surface area contributed by atoms with E-state index in [0.29, 0.717) is 23.8 Å². The molecular formula is C25H34N4O2. The minimum atomic E-state index is 0.312. The fourth-order valence-electron chi connectivity index (χ4n) is 5.36. The lowest BCUT2D eigenvalue weighted by atomic mass is 9.83. The second-order valence-electron chi connectivity index (χ2n) is 9.54. The van der Waals surface area contributed by atoms with Gasteiger partial charge in [-0.15, -0.1) is 10.2 Å². The molecule has 1 saturated carbocycles. The lowest BCUT2D eigenvalue weighted by Crippen LogP contribution is -2.54. The summed E-state index contributed by atoms with van der Waals surface area (Å²) in [6, 6.07) is 9.15. The Balaban J connectivity index is 1.28. The molecule has 0 bridgehead atoms. The fraction of sp³-hybridized carbons (Fsp3) is 0.600. The van der Waals surface area contributed by atoms with Crippen LogP contribution in [-0.4, -0.2) is 58.6 Å². The van der Waals surface area contributed by atoms with E-state index < -0.39 is 0 Å². The number of benzene rings is 1. The summed E-state index contributed by atoms with van der Waals surface area (Å²) < 4.78 is 5.36. The normalized spacial score (nSPS) is 23.5. The Labute approximate surface area is 185 Å². The Morgan fingerprint density at radius 3 is 2.58 bits per heavy atom. The van der Waals surface area contributed by atoms with E-state index in [0.717, 1.165) is 55.4 Å². The number of aromatic nitrogens is 2. The highest BCUT2D eigenvalue weighted by Gasteiger charge is 2.30. The molecule has 3 heterocycles. The van der Waals surface area contributed by atoms with Crippen molar-refractivity contribution in [3.8, 4) is 17.0 Å². The van der Waals surface area contributed by atoms with Crippen molar-refractivity contribution in [2.75, 3.05) is 31.6 Å². The minimum absolute atomic E-state index is 0.312. The Hall–Kier alpha value is -2.18. The van der Waals surface area contributed by atoms with Gasteiger partial charge in [-0.1, -0.05) is 25.3 Å². The number of phenols is 1. The number of nitrogens with one attached hydrogen (secondary N) is 1. The van der Waals surface area contributed by atoms with Crippen LogP contribution in [0.15, 0.2) is 24.3 Å². The van der Waals surface area contributed by atoms with Crippen LogP contribution in [0.3, 0.4) is 0 Å². The highest BCUT2D eigenvalue weighted by Crippen LogP contribution is 2.37. The second-order valence-corrected chi connectivity index (χ2v) is 9.54. The number of hydrogen-bond acceptors (Lipinski definition) is 6. The lowest BCUT2D eigenvalue weighted by molar-refractivity contribution is -0.0710. The van der Waals surface area contributed by atoms with Crippen molar-refractivity contribution in [1.82, 2.24) is 15.1 Å². The number of nitrogens with zero attached hydrogens (tertiary/aromatic N) is 3. The molecule has 6 heteroatoms. The molecule has 2 saturated heterocycles. The van der Waals surface area contributed by atoms with E-state index in [1.807, 2.05) is 19.1 Å². The molecule has 0 radical (unpaired) electrons. The van der Waals surface area contributed by atoms with Gasteiger partial charge in [0.2, 0.25) is 0 Å². The number of aromatic hydroxyl groups is 1. The van der Waals surface area contributed by atoms with Gasteiger partial charge in [0, 0.05) is 18.2 Å². The largest absolute Gasteiger partial charge is 0.507 e. The first-order valence-electron chi connectivity index (χ1n) is 11.9. The molecule has 3 fully saturated rings. The van der Waals surface area contributed by atoms with Gasteiger partial charge < -0.3 is 15.2 Å². The van der Waals surface area contributed by atoms with Crippen LogP contribution >= 0.6 is 0 Å². The molecule has 0 amide bonds. The first kappa shape index (κ1) is 20.7. The maximum absolute atomic E-state index is 10.7. The molecule has 0 spiro atoms. The summed E-state index contributed by atoms with van der Waals surface area (Å²) in [4.78, 5) is 2.53. The maximum Gasteiger partial charge on any atom is 0.149 e. The molecule has 31 heavy (non-hydrogen) atoms. The van der Waals surface area contributed by atoms with E-state index in [-0.39, 0.29) is 0 Å². The van der Waals surface area contributed by atoms with E-state index in [1.54, 1.807) is 0 Å². The topological polar surface area (TPSA) is 70.5 Å². The van der Waals surface area contributed by atoms with Gasteiger partial charge in [-0.2, -0.15) is 0 Å². The number of aryl methyl sites for hydroxylation is 1. The van der Waals surface area contributed by atoms with Crippen LogP contribution in [0.4, 0.5) is 5.82 Å². The molecule has 5 rings (SSSR count). The number of likely N-dealkylation sites (tertiary alicyclic amines) is 1. The van der Waals surface area contributed by atoms with Gasteiger partial charge in [-0.05, 0) is 74.4 Å². The van der Waals surface area contributed by atoms with Crippen molar-refractivity contribution in [3.63, 3.8) is 0 Å². The smallest absolute Gasteiger partial charge is 0.149 e. The summed E-state index contributed by atoms with van der Waals surface area (Å²) in [5.41, 5.74) is 3.81. The molecule has 1 atom stereocenters. The zero-order valence-corrected chi connectivity index (χ0v) is 18.5. The van der Waals surface area contributed by atoms with Crippen molar-refractivity contribution in [1.29, 1.82) is 0 Å². The molecule has 2 aromatic rings. The van der Waals surface area contributed by atoms with E-state index >= 15 is 0 Å². The molecule has 2 aliphatic heterocycles. The number of ether oxygens (including phenoxy) is 1. The SMILES string of the molecule is Cc1cc(N[C@H]2CCCN(C3COC3)C2)nnc1-c1ccc(C2CCCCC2)cc1O. The van der Waals surface area contributed by atoms with Crippen molar-refractivity contribution >= 4 is 5.82 Å². The molecule has 2 N–H and O–H groups in total. The van der Waals surface area contributed by atoms with Crippen LogP contribution in [0.2, 0.25) is 0 Å². The molecule has 3 aliphatic rings. The van der Waals surface area contributed by atoms with Crippen LogP contribution in [0, 0.1) is 6.92 Å². The average Bonchev–Trinajstić information content (AvgIpc) is 2.74. The van der Waals surface area contributed by atoms with Crippen molar-refractivity contribution in [3.05, 3.63) is 35.4 Å². The molecule has 1 aliphatic carbocycles. The van der Waals surface area contributed by atoms with Crippen LogP contribution in [-0.2, 0) is 4.74 Å². The number of rotatable bonds is 5. The summed E-state index contributed by atoms with van der Waals surface area (Å²) in [5, 5.41) is 23.3. The van der Waals surface area contributed by atoms with Crippen LogP contribution < -0.4 is 5.32 Å². The summed E-state index contributed by atoms with van der Waals surface area (Å²) in [5.74, 6) is 1.71. The predicted molar refractivity (Wildman–Crippen MR) is 123 cm³/mol. The highest BCUT2D eigenvalue weighted by molar-refractivity contribution is 5.70. The monoisotopic (exact) mass is 422 g/mol. The molecule has 1 aromatic heterocycles. The van der Waals surface area contributed by atoms with Crippen LogP contribution in [0.25, 0.3) is 11.3 Å². The van der Waals surface area contributed by atoms with Crippen LogP contribution in [0.5, 0.6) is 5.75 Å². The fourth-order valence-corrected chi connectivity index (χ4v) is 5.36. The van der Waals surface area contributed by atoms with Gasteiger partial charge in [0.15, 0.2) is 0 Å². The summed E-state index contributed by atoms with van der Waals surface area (Å²) in [6.07, 6.45) is 8.72. The van der Waals surface area contributed by atoms with E-state index in [9.17, 15) is 5.11 Å². The van der Waals surface area contributed by atoms with Crippen molar-refractivity contribution in [2.24, 2.45) is 0 Å². The predicted octanol–water partition coefficient (Wildman–Crippen LogP) is 4.48. The summed E-state index contributed by atoms with van der Waals surface area (Å²) >= 11 is 0. The van der Waals surface area contributed by atoms with E-state index in [4.69, 9.17) is 4.74 Å². The minimum Gasteiger partial charge on any atom is -0.507 e. The van der Waals surface area contributed by atoms with Crippen molar-refractivity contribution < 1.29 is 9.84 Å². The zero-order valence-electron chi connectivity index (χ0n) is 18.5. The Bertz CT molecular complexity index is 908. The molecule has 0 unspecified atom stereocenters. The molecule has 166 valence electrons.